The molecule has 0 spiro atoms. The summed E-state index contributed by atoms with van der Waals surface area (Å²) in [5, 5.41) is 19.8. The average Bonchev–Trinajstić information content (AvgIpc) is 1.51. The number of anilines is 9. The van der Waals surface area contributed by atoms with Gasteiger partial charge in [0.05, 0.1) is 50.8 Å². The number of benzene rings is 21. The zero-order valence-corrected chi connectivity index (χ0v) is 79.4. The Kier molecular flexibility index (Phi) is 19.4. The van der Waals surface area contributed by atoms with Crippen molar-refractivity contribution in [2.75, 3.05) is 14.7 Å². The highest BCUT2D eigenvalue weighted by Crippen LogP contribution is 2.60. The van der Waals surface area contributed by atoms with E-state index in [1.807, 2.05) is 127 Å². The normalized spacial score (nSPS) is 14.9. The molecule has 21 aromatic rings. The second-order valence-corrected chi connectivity index (χ2v) is 40.3. The van der Waals surface area contributed by atoms with E-state index in [2.05, 4.69) is 332 Å². The van der Waals surface area contributed by atoms with Crippen LogP contribution >= 0.6 is 0 Å². The van der Waals surface area contributed by atoms with Crippen LogP contribution < -0.4 is 14.7 Å². The van der Waals surface area contributed by atoms with Crippen LogP contribution in [0, 0.1) is 20.8 Å². The molecule has 6 aliphatic rings. The summed E-state index contributed by atoms with van der Waals surface area (Å²) in [4.78, 5) is 88.2. The minimum absolute atomic E-state index is 0.208. The zero-order valence-electron chi connectivity index (χ0n) is 79.4. The lowest BCUT2D eigenvalue weighted by molar-refractivity contribution is 0.0975. The third-order valence-corrected chi connectivity index (χ3v) is 30.3. The minimum atomic E-state index is -0.301. The van der Waals surface area contributed by atoms with E-state index in [1.165, 1.54) is 99.5 Å². The molecule has 0 bridgehead atoms. The molecule has 0 N–H and O–H groups in total. The molecule has 0 saturated heterocycles. The van der Waals surface area contributed by atoms with Gasteiger partial charge < -0.3 is 14.7 Å². The Morgan fingerprint density at radius 3 is 0.709 bits per heavy atom. The topological polar surface area (TPSA) is 112 Å². The first kappa shape index (κ1) is 85.3. The van der Waals surface area contributed by atoms with Gasteiger partial charge in [0.1, 0.15) is 0 Å². The molecule has 0 amide bonds. The lowest BCUT2D eigenvalue weighted by atomic mass is 9.71. The molecule has 21 aromatic carbocycles. The number of rotatable bonds is 6. The van der Waals surface area contributed by atoms with Gasteiger partial charge in [0.15, 0.2) is 34.7 Å². The van der Waals surface area contributed by atoms with E-state index < -0.39 is 0 Å². The molecule has 9 heteroatoms. The van der Waals surface area contributed by atoms with Crippen molar-refractivity contribution in [3.63, 3.8) is 0 Å². The number of carbonyl (C=O) groups is 6. The highest BCUT2D eigenvalue weighted by Gasteiger charge is 2.45. The van der Waals surface area contributed by atoms with Crippen molar-refractivity contribution in [1.82, 2.24) is 0 Å². The Labute approximate surface area is 816 Å². The van der Waals surface area contributed by atoms with Gasteiger partial charge in [-0.1, -0.05) is 284 Å². The number of hydrogen-bond donors (Lipinski definition) is 0. The molecule has 0 unspecified atom stereocenters. The fourth-order valence-electron chi connectivity index (χ4n) is 23.5. The lowest BCUT2D eigenvalue weighted by Gasteiger charge is -2.43. The number of ketones is 6. The summed E-state index contributed by atoms with van der Waals surface area (Å²) in [7, 11) is 0. The first-order chi connectivity index (χ1) is 68.3. The summed E-state index contributed by atoms with van der Waals surface area (Å²) in [5.41, 5.74) is 26.9. The molecule has 141 heavy (non-hydrogen) atoms. The number of nitrogens with zero attached hydrogens (tertiary/aromatic N) is 3. The SMILES string of the molecule is CC1(C)c2cc3ccccc3cc2N(c2ccccc2)c2ccc3cc(C=C4C(=O)c5cc6ccccc6cc5C4=O)ccc3c21.Cc1cc(C)cc(N2c3cc4ccccc4cc3C(C)(C)c3c2ccc2cc(C=C4C(=O)c5cc6ccccc6cc5C4=O)ccc32)c1.Cc1ccc(N2c3cc4ccccc4cc3C(C)(C)c3c2ccc2cc(C=C4C(=O)c5cc6ccccc6cc5C4=O)ccc32)cc1. The number of fused-ring (bicyclic) bond motifs is 21. The van der Waals surface area contributed by atoms with Gasteiger partial charge in [0, 0.05) is 66.7 Å². The molecule has 0 radical (unpaired) electrons. The first-order valence-electron chi connectivity index (χ1n) is 48.3. The van der Waals surface area contributed by atoms with Crippen LogP contribution in [0.15, 0.2) is 399 Å². The second kappa shape index (κ2) is 32.1. The maximum absolute atomic E-state index is 13.5. The van der Waals surface area contributed by atoms with Crippen molar-refractivity contribution >= 4 is 201 Å². The average molecular weight is 1820 g/mol. The predicted octanol–water partition coefficient (Wildman–Crippen LogP) is 33.1. The van der Waals surface area contributed by atoms with Crippen LogP contribution in [-0.4, -0.2) is 34.7 Å². The van der Waals surface area contributed by atoms with Gasteiger partial charge >= 0.3 is 0 Å². The summed E-state index contributed by atoms with van der Waals surface area (Å²) in [6.45, 7) is 20.3. The highest BCUT2D eigenvalue weighted by molar-refractivity contribution is 6.44. The van der Waals surface area contributed by atoms with E-state index in [0.717, 1.165) is 115 Å². The molecule has 0 fully saturated rings. The van der Waals surface area contributed by atoms with Crippen molar-refractivity contribution < 1.29 is 28.8 Å². The van der Waals surface area contributed by atoms with Crippen molar-refractivity contribution in [3.05, 3.63) is 499 Å². The summed E-state index contributed by atoms with van der Waals surface area (Å²) in [6.07, 6.45) is 5.29. The fourth-order valence-corrected chi connectivity index (χ4v) is 23.5. The molecule has 9 nitrogen and oxygen atoms in total. The summed E-state index contributed by atoms with van der Waals surface area (Å²) >= 11 is 0. The third-order valence-electron chi connectivity index (χ3n) is 30.3. The van der Waals surface area contributed by atoms with Crippen LogP contribution in [0.3, 0.4) is 0 Å². The van der Waals surface area contributed by atoms with Crippen LogP contribution in [0.25, 0.3) is 115 Å². The fraction of sp³-hybridized carbons (Fsp3) is 0.0909. The van der Waals surface area contributed by atoms with Crippen molar-refractivity contribution in [1.29, 1.82) is 0 Å². The molecule has 0 aromatic heterocycles. The van der Waals surface area contributed by atoms with Crippen molar-refractivity contribution in [3.8, 4) is 0 Å². The lowest BCUT2D eigenvalue weighted by Crippen LogP contribution is -2.31. The number of carbonyl (C=O) groups excluding carboxylic acids is 6. The first-order valence-corrected chi connectivity index (χ1v) is 48.3. The maximum atomic E-state index is 13.5. The molecule has 3 aliphatic carbocycles. The van der Waals surface area contributed by atoms with Gasteiger partial charge in [-0.3, -0.25) is 28.8 Å². The monoisotopic (exact) mass is 1820 g/mol. The summed E-state index contributed by atoms with van der Waals surface area (Å²) < 4.78 is 0. The zero-order chi connectivity index (χ0) is 96.1. The van der Waals surface area contributed by atoms with E-state index in [-0.39, 0.29) is 67.7 Å². The summed E-state index contributed by atoms with van der Waals surface area (Å²) in [5.74, 6) is -1.25. The predicted molar refractivity (Wildman–Crippen MR) is 581 cm³/mol. The van der Waals surface area contributed by atoms with Crippen LogP contribution in [0.4, 0.5) is 51.2 Å². The molecule has 0 saturated carbocycles. The molecule has 0 atom stereocenters. The molecule has 27 rings (SSSR count). The molecular weight excluding hydrogens is 1720 g/mol. The second-order valence-electron chi connectivity index (χ2n) is 40.3. The van der Waals surface area contributed by atoms with Crippen LogP contribution in [0.1, 0.15) is 170 Å². The molecular formula is C132H93N3O6. The van der Waals surface area contributed by atoms with Crippen LogP contribution in [-0.2, 0) is 16.2 Å². The molecule has 672 valence electrons. The largest absolute Gasteiger partial charge is 0.310 e. The maximum Gasteiger partial charge on any atom is 0.197 e. The van der Waals surface area contributed by atoms with Gasteiger partial charge in [0.25, 0.3) is 0 Å². The van der Waals surface area contributed by atoms with E-state index >= 15 is 0 Å². The Morgan fingerprint density at radius 1 is 0.191 bits per heavy atom. The van der Waals surface area contributed by atoms with E-state index in [1.54, 1.807) is 18.2 Å². The number of allylic oxidation sites excluding steroid dienone is 3. The van der Waals surface area contributed by atoms with Gasteiger partial charge in [-0.2, -0.15) is 0 Å². The Balaban J connectivity index is 0.000000111. The van der Waals surface area contributed by atoms with Crippen LogP contribution in [0.2, 0.25) is 0 Å². The Hall–Kier alpha value is -17.4. The van der Waals surface area contributed by atoms with Gasteiger partial charge in [-0.15, -0.1) is 0 Å². The molecule has 3 heterocycles. The Bertz CT molecular complexity index is 9130. The Morgan fingerprint density at radius 2 is 0.433 bits per heavy atom. The van der Waals surface area contributed by atoms with Gasteiger partial charge in [-0.25, -0.2) is 0 Å². The van der Waals surface area contributed by atoms with Gasteiger partial charge in [-0.05, 0) is 343 Å². The molecule has 3 aliphatic heterocycles. The highest BCUT2D eigenvalue weighted by atomic mass is 16.2. The number of para-hydroxylation sites is 1. The van der Waals surface area contributed by atoms with E-state index in [4.69, 9.17) is 0 Å². The standard InChI is InChI=1S/C45H33NO2.C44H31NO2.C43H29NO2/c1-26-17-27(2)19-34(18-26)46-40-16-14-33-20-28(21-38-43(47)36-22-29-9-5-6-10-30(29)23-37(36)44(38)48)13-15-35(33)42(40)45(3,4)39-24-31-11-7-8-12-32(31)25-41(39)46;1-26-12-16-33(17-13-26)45-39-19-15-32-20-27(21-37-42(46)35-22-28-8-4-5-9-29(28)23-36(35)43(37)47)14-18-34(32)41(39)44(2,3)38-24-30-10-6-7-11-31(30)25-40(38)45;1-43(2)37-24-29-12-8-9-13-30(29)25-39(37)44(32-14-4-3-5-15-32)38-19-17-31-20-26(16-18-33(31)40(38)43)21-36-41(45)34-22-27-10-6-7-11-28(27)23-35(34)42(36)46/h5-25H,1-4H3;4-25H,1-3H3;3-25H,1-2H3. The van der Waals surface area contributed by atoms with Crippen LogP contribution in [0.5, 0.6) is 0 Å². The van der Waals surface area contributed by atoms with E-state index in [9.17, 15) is 28.8 Å². The number of hydrogen-bond acceptors (Lipinski definition) is 9. The van der Waals surface area contributed by atoms with Crippen molar-refractivity contribution in [2.45, 2.75) is 78.6 Å². The van der Waals surface area contributed by atoms with Gasteiger partial charge in [0.2, 0.25) is 0 Å². The minimum Gasteiger partial charge on any atom is -0.310 e. The van der Waals surface area contributed by atoms with Crippen molar-refractivity contribution in [2.24, 2.45) is 0 Å². The number of Topliss-reactive ketones (excluding diaryl/α,β-unsaturated/α-hetero) is 6. The third kappa shape index (κ3) is 13.7. The quantitative estimate of drug-likeness (QED) is 0.119. The van der Waals surface area contributed by atoms with E-state index in [0.29, 0.717) is 33.4 Å². The summed E-state index contributed by atoms with van der Waals surface area (Å²) in [6, 6.07) is 133. The smallest absolute Gasteiger partial charge is 0.197 e. The number of aryl methyl sites for hydroxylation is 3.